The first kappa shape index (κ1) is 18.4. The summed E-state index contributed by atoms with van der Waals surface area (Å²) in [4.78, 5) is 12.0. The van der Waals surface area contributed by atoms with Gasteiger partial charge in [0, 0.05) is 13.1 Å². The summed E-state index contributed by atoms with van der Waals surface area (Å²) in [7, 11) is 2.16. The Morgan fingerprint density at radius 1 is 1.24 bits per heavy atom. The molecule has 25 heavy (non-hydrogen) atoms. The number of methoxy groups -OCH3 is 1. The van der Waals surface area contributed by atoms with Gasteiger partial charge in [0.2, 0.25) is 11.8 Å². The van der Waals surface area contributed by atoms with Gasteiger partial charge in [-0.3, -0.25) is 14.7 Å². The number of aromatic nitrogens is 3. The highest BCUT2D eigenvalue weighted by atomic mass is 19.4. The second-order valence-electron chi connectivity index (χ2n) is 4.82. The minimum atomic E-state index is -5.87. The molecule has 0 unspecified atom stereocenters. The highest BCUT2D eigenvalue weighted by Crippen LogP contribution is 2.43. The maximum Gasteiger partial charge on any atom is 0.461 e. The normalized spacial score (nSPS) is 12.1. The van der Waals surface area contributed by atoms with E-state index in [1.165, 1.54) is 19.2 Å². The molecular weight excluding hydrogens is 355 g/mol. The van der Waals surface area contributed by atoms with E-state index in [-0.39, 0.29) is 11.3 Å². The minimum absolute atomic E-state index is 0.250. The molecule has 0 radical (unpaired) electrons. The van der Waals surface area contributed by atoms with Gasteiger partial charge < -0.3 is 9.84 Å². The molecule has 2 rings (SSSR count). The molecule has 0 saturated heterocycles. The first-order valence-corrected chi connectivity index (χ1v) is 6.51. The van der Waals surface area contributed by atoms with E-state index < -0.39 is 35.5 Å². The van der Waals surface area contributed by atoms with Crippen LogP contribution in [0.5, 0.6) is 11.5 Å². The highest BCUT2D eigenvalue weighted by Gasteiger charge is 2.62. The summed E-state index contributed by atoms with van der Waals surface area (Å²) < 4.78 is 69.0. The monoisotopic (exact) mass is 366 g/mol. The van der Waals surface area contributed by atoms with E-state index in [0.717, 1.165) is 13.1 Å². The molecule has 0 aliphatic heterocycles. The van der Waals surface area contributed by atoms with E-state index in [2.05, 4.69) is 10.2 Å². The lowest BCUT2D eigenvalue weighted by molar-refractivity contribution is -0.293. The van der Waals surface area contributed by atoms with Gasteiger partial charge >= 0.3 is 12.1 Å². The number of rotatable bonds is 4. The maximum atomic E-state index is 13.3. The van der Waals surface area contributed by atoms with Crippen molar-refractivity contribution in [2.45, 2.75) is 12.1 Å². The maximum absolute atomic E-state index is 13.3. The van der Waals surface area contributed by atoms with E-state index in [1.54, 1.807) is 0 Å². The van der Waals surface area contributed by atoms with Gasteiger partial charge in [0.1, 0.15) is 11.5 Å². The standard InChI is InChI=1S/C13H11F5N4O3/c1-22-10(12(14,15)13(16,17)18)20-21-11(22)19-9(24)7-4-3-6(25-2)5-8(7)23/h3-5,23H,1-2H3,(H,19,21,24). The van der Waals surface area contributed by atoms with Gasteiger partial charge in [-0.05, 0) is 12.1 Å². The number of halogens is 5. The number of hydrogen-bond donors (Lipinski definition) is 2. The second kappa shape index (κ2) is 6.18. The molecule has 0 atom stereocenters. The zero-order valence-electron chi connectivity index (χ0n) is 12.7. The number of ether oxygens (including phenoxy) is 1. The van der Waals surface area contributed by atoms with Crippen molar-refractivity contribution in [3.8, 4) is 11.5 Å². The Bertz CT molecular complexity index is 803. The second-order valence-corrected chi connectivity index (χ2v) is 4.82. The summed E-state index contributed by atoms with van der Waals surface area (Å²) in [5.74, 6) is -8.81. The Balaban J connectivity index is 2.29. The van der Waals surface area contributed by atoms with Crippen LogP contribution in [0.3, 0.4) is 0 Å². The van der Waals surface area contributed by atoms with Gasteiger partial charge in [-0.1, -0.05) is 0 Å². The Morgan fingerprint density at radius 3 is 2.40 bits per heavy atom. The fraction of sp³-hybridized carbons (Fsp3) is 0.308. The smallest absolute Gasteiger partial charge is 0.461 e. The molecular formula is C13H11F5N4O3. The average Bonchev–Trinajstić information content (AvgIpc) is 2.87. The van der Waals surface area contributed by atoms with Gasteiger partial charge in [0.05, 0.1) is 12.7 Å². The van der Waals surface area contributed by atoms with Crippen molar-refractivity contribution in [2.75, 3.05) is 12.4 Å². The lowest BCUT2D eigenvalue weighted by atomic mass is 10.2. The van der Waals surface area contributed by atoms with Crippen LogP contribution < -0.4 is 10.1 Å². The van der Waals surface area contributed by atoms with E-state index in [1.807, 2.05) is 5.32 Å². The summed E-state index contributed by atoms with van der Waals surface area (Å²) in [5, 5.41) is 17.6. The molecule has 0 saturated carbocycles. The number of carbonyl (C=O) groups is 1. The molecule has 1 aromatic carbocycles. The summed E-state index contributed by atoms with van der Waals surface area (Å²) in [6.45, 7) is 0. The van der Waals surface area contributed by atoms with Crippen LogP contribution in [-0.4, -0.2) is 39.1 Å². The van der Waals surface area contributed by atoms with Crippen molar-refractivity contribution in [1.29, 1.82) is 0 Å². The topological polar surface area (TPSA) is 89.3 Å². The number of alkyl halides is 5. The minimum Gasteiger partial charge on any atom is -0.507 e. The molecule has 12 heteroatoms. The van der Waals surface area contributed by atoms with Crippen molar-refractivity contribution < 1.29 is 36.6 Å². The van der Waals surface area contributed by atoms with Crippen LogP contribution in [-0.2, 0) is 13.0 Å². The number of phenols is 1. The lowest BCUT2D eigenvalue weighted by Crippen LogP contribution is -2.36. The van der Waals surface area contributed by atoms with E-state index in [4.69, 9.17) is 4.74 Å². The predicted octanol–water partition coefficient (Wildman–Crippen LogP) is 2.44. The van der Waals surface area contributed by atoms with Gasteiger partial charge in [-0.25, -0.2) is 0 Å². The molecule has 0 aliphatic carbocycles. The molecule has 2 N–H and O–H groups in total. The zero-order valence-corrected chi connectivity index (χ0v) is 12.7. The van der Waals surface area contributed by atoms with Crippen LogP contribution in [0.25, 0.3) is 0 Å². The first-order valence-electron chi connectivity index (χ1n) is 6.51. The van der Waals surface area contributed by atoms with E-state index in [0.29, 0.717) is 4.57 Å². The van der Waals surface area contributed by atoms with Crippen LogP contribution in [0.2, 0.25) is 0 Å². The van der Waals surface area contributed by atoms with Crippen molar-refractivity contribution in [2.24, 2.45) is 7.05 Å². The molecule has 136 valence electrons. The predicted molar refractivity (Wildman–Crippen MR) is 73.6 cm³/mol. The zero-order chi connectivity index (χ0) is 19.0. The van der Waals surface area contributed by atoms with Crippen LogP contribution in [0.1, 0.15) is 16.2 Å². The number of carbonyl (C=O) groups excluding carboxylic acids is 1. The fourth-order valence-electron chi connectivity index (χ4n) is 1.84. The molecule has 7 nitrogen and oxygen atoms in total. The van der Waals surface area contributed by atoms with Crippen molar-refractivity contribution >= 4 is 11.9 Å². The van der Waals surface area contributed by atoms with Crippen LogP contribution >= 0.6 is 0 Å². The quantitative estimate of drug-likeness (QED) is 0.812. The van der Waals surface area contributed by atoms with E-state index in [9.17, 15) is 31.9 Å². The average molecular weight is 366 g/mol. The summed E-state index contributed by atoms with van der Waals surface area (Å²) >= 11 is 0. The third kappa shape index (κ3) is 3.32. The number of nitrogens with one attached hydrogen (secondary N) is 1. The number of amides is 1. The SMILES string of the molecule is COc1ccc(C(=O)Nc2nnc(C(F)(F)C(F)(F)F)n2C)c(O)c1. The number of anilines is 1. The Morgan fingerprint density at radius 2 is 1.88 bits per heavy atom. The van der Waals surface area contributed by atoms with Crippen molar-refractivity contribution in [1.82, 2.24) is 14.8 Å². The molecule has 0 fully saturated rings. The molecule has 0 bridgehead atoms. The Hall–Kier alpha value is -2.92. The summed E-state index contributed by atoms with van der Waals surface area (Å²) in [6.07, 6.45) is -5.87. The van der Waals surface area contributed by atoms with Gasteiger partial charge in [-0.2, -0.15) is 22.0 Å². The van der Waals surface area contributed by atoms with Gasteiger partial charge in [0.25, 0.3) is 5.91 Å². The summed E-state index contributed by atoms with van der Waals surface area (Å²) in [6, 6.07) is 3.63. The third-order valence-electron chi connectivity index (χ3n) is 3.19. The fourth-order valence-corrected chi connectivity index (χ4v) is 1.84. The van der Waals surface area contributed by atoms with Crippen molar-refractivity contribution in [3.63, 3.8) is 0 Å². The van der Waals surface area contributed by atoms with Crippen LogP contribution in [0.4, 0.5) is 27.9 Å². The van der Waals surface area contributed by atoms with Gasteiger partial charge in [0.15, 0.2) is 0 Å². The molecule has 2 aromatic rings. The number of phenolic OH excluding ortho intramolecular Hbond substituents is 1. The molecule has 0 spiro atoms. The Labute approximate surface area is 137 Å². The summed E-state index contributed by atoms with van der Waals surface area (Å²) in [5.41, 5.74) is -0.270. The largest absolute Gasteiger partial charge is 0.507 e. The van der Waals surface area contributed by atoms with Crippen LogP contribution in [0.15, 0.2) is 18.2 Å². The van der Waals surface area contributed by atoms with Gasteiger partial charge in [-0.15, -0.1) is 10.2 Å². The lowest BCUT2D eigenvalue weighted by Gasteiger charge is -2.18. The highest BCUT2D eigenvalue weighted by molar-refractivity contribution is 6.05. The number of hydrogen-bond acceptors (Lipinski definition) is 5. The molecule has 1 amide bonds. The molecule has 1 aromatic heterocycles. The van der Waals surface area contributed by atoms with Crippen molar-refractivity contribution in [3.05, 3.63) is 29.6 Å². The van der Waals surface area contributed by atoms with E-state index >= 15 is 0 Å². The molecule has 1 heterocycles. The first-order chi connectivity index (χ1) is 11.5. The number of nitrogens with zero attached hydrogens (tertiary/aromatic N) is 3. The van der Waals surface area contributed by atoms with Crippen LogP contribution in [0, 0.1) is 0 Å². The number of benzene rings is 1. The number of aromatic hydroxyl groups is 1. The Kier molecular flexibility index (Phi) is 4.55. The third-order valence-corrected chi connectivity index (χ3v) is 3.19. The molecule has 0 aliphatic rings.